The highest BCUT2D eigenvalue weighted by Crippen LogP contribution is 2.20. The molecular formula is C21H21FN2O3S. The largest absolute Gasteiger partial charge is 0.326 e. The van der Waals surface area contributed by atoms with Gasteiger partial charge in [0.25, 0.3) is 0 Å². The number of anilines is 2. The molecule has 3 aromatic rings. The molecule has 0 radical (unpaired) electrons. The zero-order valence-electron chi connectivity index (χ0n) is 15.4. The van der Waals surface area contributed by atoms with Gasteiger partial charge in [0.05, 0.1) is 11.9 Å². The van der Waals surface area contributed by atoms with Gasteiger partial charge in [-0.05, 0) is 53.6 Å². The van der Waals surface area contributed by atoms with Gasteiger partial charge in [0.2, 0.25) is 15.9 Å². The van der Waals surface area contributed by atoms with Crippen LogP contribution in [0.15, 0.2) is 66.7 Å². The highest BCUT2D eigenvalue weighted by atomic mass is 32.2. The minimum absolute atomic E-state index is 0.135. The smallest absolute Gasteiger partial charge is 0.232 e. The standard InChI is InChI=1S/C21H21FN2O3S/c1-28(26,27)24(20-12-9-18(22)10-13-20)14-4-7-21(25)23-19-11-8-16-5-2-3-6-17(16)15-19/h2-3,5-6,8-13,15H,4,7,14H2,1H3,(H,23,25). The lowest BCUT2D eigenvalue weighted by Crippen LogP contribution is -2.31. The molecule has 0 aliphatic heterocycles. The Morgan fingerprint density at radius 3 is 2.36 bits per heavy atom. The van der Waals surface area contributed by atoms with Crippen molar-refractivity contribution < 1.29 is 17.6 Å². The Labute approximate surface area is 163 Å². The molecule has 0 heterocycles. The van der Waals surface area contributed by atoms with E-state index in [9.17, 15) is 17.6 Å². The van der Waals surface area contributed by atoms with E-state index in [0.717, 1.165) is 17.0 Å². The molecular weight excluding hydrogens is 379 g/mol. The van der Waals surface area contributed by atoms with Crippen LogP contribution in [0.4, 0.5) is 15.8 Å². The van der Waals surface area contributed by atoms with Gasteiger partial charge in [-0.3, -0.25) is 9.10 Å². The van der Waals surface area contributed by atoms with Crippen molar-refractivity contribution in [2.24, 2.45) is 0 Å². The Morgan fingerprint density at radius 1 is 1.00 bits per heavy atom. The van der Waals surface area contributed by atoms with Crippen LogP contribution < -0.4 is 9.62 Å². The normalized spacial score (nSPS) is 11.4. The fraction of sp³-hybridized carbons (Fsp3) is 0.190. The molecule has 5 nitrogen and oxygen atoms in total. The highest BCUT2D eigenvalue weighted by Gasteiger charge is 2.17. The number of benzene rings is 3. The molecule has 3 aromatic carbocycles. The van der Waals surface area contributed by atoms with Gasteiger partial charge in [0.1, 0.15) is 5.82 Å². The number of nitrogens with one attached hydrogen (secondary N) is 1. The van der Waals surface area contributed by atoms with E-state index in [1.54, 1.807) is 0 Å². The molecule has 0 unspecified atom stereocenters. The predicted octanol–water partition coefficient (Wildman–Crippen LogP) is 4.16. The summed E-state index contributed by atoms with van der Waals surface area (Å²) in [6.45, 7) is 0.135. The first-order valence-electron chi connectivity index (χ1n) is 8.85. The quantitative estimate of drug-likeness (QED) is 0.647. The maximum absolute atomic E-state index is 13.1. The molecule has 0 aliphatic rings. The van der Waals surface area contributed by atoms with Crippen molar-refractivity contribution in [1.82, 2.24) is 0 Å². The third-order valence-electron chi connectivity index (χ3n) is 4.31. The van der Waals surface area contributed by atoms with E-state index in [2.05, 4.69) is 5.32 Å². The van der Waals surface area contributed by atoms with Crippen LogP contribution in [0.2, 0.25) is 0 Å². The summed E-state index contributed by atoms with van der Waals surface area (Å²) in [7, 11) is -3.53. The molecule has 28 heavy (non-hydrogen) atoms. The van der Waals surface area contributed by atoms with Gasteiger partial charge < -0.3 is 5.32 Å². The lowest BCUT2D eigenvalue weighted by Gasteiger charge is -2.22. The van der Waals surface area contributed by atoms with Gasteiger partial charge in [-0.15, -0.1) is 0 Å². The van der Waals surface area contributed by atoms with E-state index in [1.807, 2.05) is 42.5 Å². The molecule has 7 heteroatoms. The molecule has 0 spiro atoms. The minimum atomic E-state index is -3.53. The van der Waals surface area contributed by atoms with Crippen LogP contribution in [0.25, 0.3) is 10.8 Å². The Kier molecular flexibility index (Phi) is 5.94. The number of sulfonamides is 1. The Morgan fingerprint density at radius 2 is 1.68 bits per heavy atom. The number of hydrogen-bond donors (Lipinski definition) is 1. The van der Waals surface area contributed by atoms with Crippen LogP contribution in [-0.4, -0.2) is 27.1 Å². The zero-order chi connectivity index (χ0) is 20.1. The van der Waals surface area contributed by atoms with E-state index in [4.69, 9.17) is 0 Å². The second kappa shape index (κ2) is 8.39. The van der Waals surface area contributed by atoms with Crippen molar-refractivity contribution >= 4 is 38.1 Å². The van der Waals surface area contributed by atoms with Crippen LogP contribution in [0, 0.1) is 5.82 Å². The van der Waals surface area contributed by atoms with Crippen LogP contribution >= 0.6 is 0 Å². The Bertz CT molecular complexity index is 1080. The Hall–Kier alpha value is -2.93. The summed E-state index contributed by atoms with van der Waals surface area (Å²) in [5.41, 5.74) is 1.07. The lowest BCUT2D eigenvalue weighted by molar-refractivity contribution is -0.116. The number of carbonyl (C=O) groups is 1. The van der Waals surface area contributed by atoms with Gasteiger partial charge in [-0.2, -0.15) is 0 Å². The van der Waals surface area contributed by atoms with Crippen molar-refractivity contribution in [1.29, 1.82) is 0 Å². The molecule has 1 N–H and O–H groups in total. The number of halogens is 1. The van der Waals surface area contributed by atoms with Crippen LogP contribution in [0.1, 0.15) is 12.8 Å². The lowest BCUT2D eigenvalue weighted by atomic mass is 10.1. The summed E-state index contributed by atoms with van der Waals surface area (Å²) in [5.74, 6) is -0.630. The van der Waals surface area contributed by atoms with Crippen LogP contribution in [0.3, 0.4) is 0 Å². The van der Waals surface area contributed by atoms with Crippen molar-refractivity contribution in [3.8, 4) is 0 Å². The molecule has 0 atom stereocenters. The first kappa shape index (κ1) is 19.8. The van der Waals surface area contributed by atoms with Gasteiger partial charge in [-0.25, -0.2) is 12.8 Å². The summed E-state index contributed by atoms with van der Waals surface area (Å²) >= 11 is 0. The number of fused-ring (bicyclic) bond motifs is 1. The summed E-state index contributed by atoms with van der Waals surface area (Å²) in [4.78, 5) is 12.2. The molecule has 0 bridgehead atoms. The van der Waals surface area contributed by atoms with E-state index in [0.29, 0.717) is 17.8 Å². The monoisotopic (exact) mass is 400 g/mol. The number of nitrogens with zero attached hydrogens (tertiary/aromatic N) is 1. The molecule has 3 rings (SSSR count). The third kappa shape index (κ3) is 5.07. The van der Waals surface area contributed by atoms with E-state index < -0.39 is 15.8 Å². The van der Waals surface area contributed by atoms with Crippen LogP contribution in [-0.2, 0) is 14.8 Å². The first-order valence-corrected chi connectivity index (χ1v) is 10.7. The molecule has 0 aliphatic carbocycles. The average molecular weight is 400 g/mol. The van der Waals surface area contributed by atoms with Crippen molar-refractivity contribution in [3.63, 3.8) is 0 Å². The summed E-state index contributed by atoms with van der Waals surface area (Å²) < 4.78 is 38.3. The fourth-order valence-corrected chi connectivity index (χ4v) is 3.93. The average Bonchev–Trinajstić information content (AvgIpc) is 2.65. The Balaban J connectivity index is 1.60. The van der Waals surface area contributed by atoms with Gasteiger partial charge in [-0.1, -0.05) is 30.3 Å². The van der Waals surface area contributed by atoms with Gasteiger partial charge >= 0.3 is 0 Å². The van der Waals surface area contributed by atoms with Crippen molar-refractivity contribution in [2.75, 3.05) is 22.4 Å². The second-order valence-corrected chi connectivity index (χ2v) is 8.43. The number of carbonyl (C=O) groups excluding carboxylic acids is 1. The molecule has 0 saturated carbocycles. The predicted molar refractivity (Wildman–Crippen MR) is 110 cm³/mol. The topological polar surface area (TPSA) is 66.5 Å². The molecule has 146 valence electrons. The third-order valence-corrected chi connectivity index (χ3v) is 5.51. The maximum Gasteiger partial charge on any atom is 0.232 e. The zero-order valence-corrected chi connectivity index (χ0v) is 16.2. The highest BCUT2D eigenvalue weighted by molar-refractivity contribution is 7.92. The first-order chi connectivity index (χ1) is 13.3. The second-order valence-electron chi connectivity index (χ2n) is 6.53. The molecule has 0 aromatic heterocycles. The number of hydrogen-bond acceptors (Lipinski definition) is 3. The molecule has 0 saturated heterocycles. The van der Waals surface area contributed by atoms with E-state index in [-0.39, 0.29) is 18.9 Å². The summed E-state index contributed by atoms with van der Waals surface area (Å²) in [5, 5.41) is 4.95. The molecule has 1 amide bonds. The van der Waals surface area contributed by atoms with E-state index >= 15 is 0 Å². The number of amides is 1. The summed E-state index contributed by atoms with van der Waals surface area (Å²) in [6.07, 6.45) is 1.59. The maximum atomic E-state index is 13.1. The SMILES string of the molecule is CS(=O)(=O)N(CCCC(=O)Nc1ccc2ccccc2c1)c1ccc(F)cc1. The van der Waals surface area contributed by atoms with E-state index in [1.165, 1.54) is 28.6 Å². The van der Waals surface area contributed by atoms with Crippen molar-refractivity contribution in [2.45, 2.75) is 12.8 Å². The van der Waals surface area contributed by atoms with Crippen LogP contribution in [0.5, 0.6) is 0 Å². The minimum Gasteiger partial charge on any atom is -0.326 e. The van der Waals surface area contributed by atoms with Gasteiger partial charge in [0, 0.05) is 18.7 Å². The van der Waals surface area contributed by atoms with Crippen molar-refractivity contribution in [3.05, 3.63) is 72.5 Å². The summed E-state index contributed by atoms with van der Waals surface area (Å²) in [6, 6.07) is 18.8. The number of rotatable bonds is 7. The van der Waals surface area contributed by atoms with Gasteiger partial charge in [0.15, 0.2) is 0 Å². The molecule has 0 fully saturated rings. The fourth-order valence-electron chi connectivity index (χ4n) is 2.97.